The summed E-state index contributed by atoms with van der Waals surface area (Å²) in [5, 5.41) is 8.04. The molecule has 2 fully saturated rings. The van der Waals surface area contributed by atoms with Crippen LogP contribution in [-0.4, -0.2) is 20.8 Å². The van der Waals surface area contributed by atoms with Crippen molar-refractivity contribution in [2.75, 3.05) is 0 Å². The van der Waals surface area contributed by atoms with Crippen LogP contribution in [0.5, 0.6) is 0 Å². The molecule has 0 radical (unpaired) electrons. The second-order valence-electron chi connectivity index (χ2n) is 6.88. The molecular formula is C14H24N4. The van der Waals surface area contributed by atoms with Crippen molar-refractivity contribution < 1.29 is 0 Å². The van der Waals surface area contributed by atoms with E-state index in [4.69, 9.17) is 0 Å². The van der Waals surface area contributed by atoms with Gasteiger partial charge in [-0.3, -0.25) is 4.68 Å². The van der Waals surface area contributed by atoms with E-state index in [2.05, 4.69) is 36.2 Å². The number of hydrogen-bond acceptors (Lipinski definition) is 3. The minimum atomic E-state index is 0.437. The molecule has 1 N–H and O–H groups in total. The second kappa shape index (κ2) is 3.80. The largest absolute Gasteiger partial charge is 0.306 e. The van der Waals surface area contributed by atoms with Crippen LogP contribution in [0.2, 0.25) is 0 Å². The fourth-order valence-corrected chi connectivity index (χ4v) is 4.19. The third kappa shape index (κ3) is 1.54. The lowest BCUT2D eigenvalue weighted by Crippen LogP contribution is -2.44. The Balaban J connectivity index is 1.69. The maximum absolute atomic E-state index is 4.34. The summed E-state index contributed by atoms with van der Waals surface area (Å²) in [5.74, 6) is 1.79. The van der Waals surface area contributed by atoms with Gasteiger partial charge in [-0.25, -0.2) is 4.98 Å². The summed E-state index contributed by atoms with van der Waals surface area (Å²) in [4.78, 5) is 4.29. The molecule has 1 aromatic heterocycles. The molecule has 1 heterocycles. The molecule has 2 aliphatic rings. The Kier molecular flexibility index (Phi) is 2.56. The van der Waals surface area contributed by atoms with Crippen LogP contribution in [0.4, 0.5) is 0 Å². The first-order valence-corrected chi connectivity index (χ1v) is 7.01. The van der Waals surface area contributed by atoms with Gasteiger partial charge in [0.2, 0.25) is 0 Å². The van der Waals surface area contributed by atoms with Crippen LogP contribution in [0.15, 0.2) is 6.33 Å². The maximum atomic E-state index is 4.34. The van der Waals surface area contributed by atoms with Crippen LogP contribution in [0, 0.1) is 16.7 Å². The van der Waals surface area contributed by atoms with Crippen molar-refractivity contribution in [3.8, 4) is 0 Å². The van der Waals surface area contributed by atoms with Gasteiger partial charge in [0.1, 0.15) is 6.33 Å². The first kappa shape index (κ1) is 12.2. The molecule has 18 heavy (non-hydrogen) atoms. The van der Waals surface area contributed by atoms with Gasteiger partial charge in [0.15, 0.2) is 5.82 Å². The summed E-state index contributed by atoms with van der Waals surface area (Å²) in [6, 6.07) is 0.620. The Morgan fingerprint density at radius 2 is 2.22 bits per heavy atom. The number of hydrogen-bond donors (Lipinski definition) is 1. The number of nitrogens with zero attached hydrogens (tertiary/aromatic N) is 3. The predicted molar refractivity (Wildman–Crippen MR) is 70.9 cm³/mol. The molecule has 0 spiro atoms. The van der Waals surface area contributed by atoms with Crippen molar-refractivity contribution in [2.45, 2.75) is 52.6 Å². The summed E-state index contributed by atoms with van der Waals surface area (Å²) in [6.45, 7) is 8.16. The average Bonchev–Trinajstić information content (AvgIpc) is 2.87. The highest BCUT2D eigenvalue weighted by Gasteiger charge is 2.60. The van der Waals surface area contributed by atoms with Gasteiger partial charge in [0.05, 0.1) is 6.54 Å². The van der Waals surface area contributed by atoms with Crippen LogP contribution in [0.25, 0.3) is 0 Å². The van der Waals surface area contributed by atoms with Crippen molar-refractivity contribution in [3.05, 3.63) is 12.2 Å². The highest BCUT2D eigenvalue weighted by atomic mass is 15.3. The molecule has 4 heteroatoms. The van der Waals surface area contributed by atoms with Crippen molar-refractivity contribution in [1.82, 2.24) is 20.1 Å². The zero-order valence-electron chi connectivity index (χ0n) is 11.9. The molecule has 3 unspecified atom stereocenters. The molecule has 0 amide bonds. The fraction of sp³-hybridized carbons (Fsp3) is 0.857. The van der Waals surface area contributed by atoms with Crippen LogP contribution >= 0.6 is 0 Å². The molecule has 0 aliphatic heterocycles. The maximum Gasteiger partial charge on any atom is 0.164 e. The molecule has 2 bridgehead atoms. The lowest BCUT2D eigenvalue weighted by atomic mass is 9.69. The summed E-state index contributed by atoms with van der Waals surface area (Å²) in [5.41, 5.74) is 0.911. The van der Waals surface area contributed by atoms with E-state index in [1.165, 1.54) is 19.3 Å². The van der Waals surface area contributed by atoms with Crippen LogP contribution < -0.4 is 5.32 Å². The Labute approximate surface area is 109 Å². The molecule has 2 saturated carbocycles. The fourth-order valence-electron chi connectivity index (χ4n) is 4.19. The monoisotopic (exact) mass is 248 g/mol. The van der Waals surface area contributed by atoms with E-state index in [-0.39, 0.29) is 0 Å². The molecular weight excluding hydrogens is 224 g/mol. The Bertz CT molecular complexity index is 450. The third-order valence-corrected chi connectivity index (χ3v) is 5.95. The molecule has 0 aromatic carbocycles. The van der Waals surface area contributed by atoms with Gasteiger partial charge in [-0.05, 0) is 36.0 Å². The SMILES string of the molecule is Cn1cnc(CNC2CC3CCC2(C)C3(C)C)n1. The van der Waals surface area contributed by atoms with E-state index in [0.29, 0.717) is 16.9 Å². The molecule has 0 saturated heterocycles. The van der Waals surface area contributed by atoms with Gasteiger partial charge in [-0.15, -0.1) is 0 Å². The smallest absolute Gasteiger partial charge is 0.164 e. The topological polar surface area (TPSA) is 42.7 Å². The van der Waals surface area contributed by atoms with E-state index in [9.17, 15) is 0 Å². The second-order valence-corrected chi connectivity index (χ2v) is 6.88. The van der Waals surface area contributed by atoms with Crippen molar-refractivity contribution in [1.29, 1.82) is 0 Å². The van der Waals surface area contributed by atoms with E-state index in [0.717, 1.165) is 18.3 Å². The number of nitrogens with one attached hydrogen (secondary N) is 1. The van der Waals surface area contributed by atoms with E-state index >= 15 is 0 Å². The van der Waals surface area contributed by atoms with Crippen LogP contribution in [0.3, 0.4) is 0 Å². The zero-order valence-corrected chi connectivity index (χ0v) is 11.9. The van der Waals surface area contributed by atoms with Gasteiger partial charge in [0, 0.05) is 13.1 Å². The Hall–Kier alpha value is -0.900. The normalized spacial score (nSPS) is 37.3. The minimum Gasteiger partial charge on any atom is -0.306 e. The molecule has 3 atom stereocenters. The highest BCUT2D eigenvalue weighted by molar-refractivity contribution is 5.13. The lowest BCUT2D eigenvalue weighted by Gasteiger charge is -2.39. The van der Waals surface area contributed by atoms with Crippen molar-refractivity contribution in [2.24, 2.45) is 23.8 Å². The lowest BCUT2D eigenvalue weighted by molar-refractivity contribution is 0.120. The number of aryl methyl sites for hydroxylation is 1. The summed E-state index contributed by atoms with van der Waals surface area (Å²) >= 11 is 0. The summed E-state index contributed by atoms with van der Waals surface area (Å²) in [7, 11) is 1.92. The minimum absolute atomic E-state index is 0.437. The van der Waals surface area contributed by atoms with E-state index in [1.54, 1.807) is 11.0 Å². The number of rotatable bonds is 3. The number of fused-ring (bicyclic) bond motifs is 2. The first-order valence-electron chi connectivity index (χ1n) is 7.01. The van der Waals surface area contributed by atoms with Crippen LogP contribution in [-0.2, 0) is 13.6 Å². The van der Waals surface area contributed by atoms with Gasteiger partial charge in [-0.2, -0.15) is 5.10 Å². The molecule has 2 aliphatic carbocycles. The summed E-state index contributed by atoms with van der Waals surface area (Å²) in [6.07, 6.45) is 5.85. The molecule has 4 nitrogen and oxygen atoms in total. The molecule has 3 rings (SSSR count). The van der Waals surface area contributed by atoms with Gasteiger partial charge < -0.3 is 5.32 Å². The van der Waals surface area contributed by atoms with Gasteiger partial charge >= 0.3 is 0 Å². The summed E-state index contributed by atoms with van der Waals surface area (Å²) < 4.78 is 1.77. The quantitative estimate of drug-likeness (QED) is 0.891. The molecule has 100 valence electrons. The predicted octanol–water partition coefficient (Wildman–Crippen LogP) is 2.12. The highest BCUT2D eigenvalue weighted by Crippen LogP contribution is 2.65. The standard InChI is InChI=1S/C14H24N4/c1-13(2)10-5-6-14(13,3)11(7-10)15-8-12-16-9-18(4)17-12/h9-11,15H,5-8H2,1-4H3. The molecule has 1 aromatic rings. The number of aromatic nitrogens is 3. The average molecular weight is 248 g/mol. The van der Waals surface area contributed by atoms with Gasteiger partial charge in [-0.1, -0.05) is 20.8 Å². The van der Waals surface area contributed by atoms with E-state index in [1.807, 2.05) is 7.05 Å². The zero-order chi connectivity index (χ0) is 13.0. The Morgan fingerprint density at radius 1 is 1.44 bits per heavy atom. The van der Waals surface area contributed by atoms with Crippen molar-refractivity contribution >= 4 is 0 Å². The Morgan fingerprint density at radius 3 is 2.72 bits per heavy atom. The van der Waals surface area contributed by atoms with Crippen LogP contribution in [0.1, 0.15) is 45.9 Å². The van der Waals surface area contributed by atoms with Crippen molar-refractivity contribution in [3.63, 3.8) is 0 Å². The first-order chi connectivity index (χ1) is 8.43. The van der Waals surface area contributed by atoms with Gasteiger partial charge in [0.25, 0.3) is 0 Å². The van der Waals surface area contributed by atoms with E-state index < -0.39 is 0 Å². The third-order valence-electron chi connectivity index (χ3n) is 5.95.